The Morgan fingerprint density at radius 2 is 2.06 bits per heavy atom. The highest BCUT2D eigenvalue weighted by molar-refractivity contribution is 5.90. The molecule has 3 nitrogen and oxygen atoms in total. The predicted molar refractivity (Wildman–Crippen MR) is 63.3 cm³/mol. The lowest BCUT2D eigenvalue weighted by Crippen LogP contribution is -2.06. The van der Waals surface area contributed by atoms with Crippen molar-refractivity contribution in [1.82, 2.24) is 0 Å². The SMILES string of the molecule is CCCOc1ccc(C(=O)O)c(C)c1CC. The lowest BCUT2D eigenvalue weighted by atomic mass is 9.99. The van der Waals surface area contributed by atoms with E-state index in [1.54, 1.807) is 12.1 Å². The smallest absolute Gasteiger partial charge is 0.335 e. The van der Waals surface area contributed by atoms with Gasteiger partial charge in [0, 0.05) is 0 Å². The summed E-state index contributed by atoms with van der Waals surface area (Å²) in [6, 6.07) is 3.37. The van der Waals surface area contributed by atoms with E-state index in [-0.39, 0.29) is 0 Å². The van der Waals surface area contributed by atoms with Crippen LogP contribution in [0.4, 0.5) is 0 Å². The van der Waals surface area contributed by atoms with Crippen LogP contribution in [-0.2, 0) is 6.42 Å². The molecule has 0 saturated carbocycles. The average molecular weight is 222 g/mol. The molecule has 0 aliphatic carbocycles. The molecular weight excluding hydrogens is 204 g/mol. The minimum absolute atomic E-state index is 0.362. The summed E-state index contributed by atoms with van der Waals surface area (Å²) in [7, 11) is 0. The van der Waals surface area contributed by atoms with Gasteiger partial charge in [-0.15, -0.1) is 0 Å². The van der Waals surface area contributed by atoms with E-state index >= 15 is 0 Å². The van der Waals surface area contributed by atoms with Crippen LogP contribution < -0.4 is 4.74 Å². The van der Waals surface area contributed by atoms with Gasteiger partial charge in [-0.3, -0.25) is 0 Å². The molecule has 0 bridgehead atoms. The van der Waals surface area contributed by atoms with Crippen LogP contribution >= 0.6 is 0 Å². The summed E-state index contributed by atoms with van der Waals surface area (Å²) in [5.74, 6) is -0.0684. The molecule has 3 heteroatoms. The molecule has 1 aromatic rings. The van der Waals surface area contributed by atoms with Crippen molar-refractivity contribution in [3.05, 3.63) is 28.8 Å². The van der Waals surface area contributed by atoms with E-state index in [0.717, 1.165) is 29.7 Å². The summed E-state index contributed by atoms with van der Waals surface area (Å²) >= 11 is 0. The van der Waals surface area contributed by atoms with Crippen LogP contribution in [0.1, 0.15) is 41.8 Å². The van der Waals surface area contributed by atoms with E-state index in [1.165, 1.54) is 0 Å². The van der Waals surface area contributed by atoms with Crippen molar-refractivity contribution in [2.24, 2.45) is 0 Å². The summed E-state index contributed by atoms with van der Waals surface area (Å²) < 4.78 is 5.60. The lowest BCUT2D eigenvalue weighted by Gasteiger charge is -2.13. The third kappa shape index (κ3) is 2.54. The van der Waals surface area contributed by atoms with Crippen molar-refractivity contribution in [3.8, 4) is 5.75 Å². The second kappa shape index (κ2) is 5.54. The fourth-order valence-corrected chi connectivity index (χ4v) is 1.75. The zero-order chi connectivity index (χ0) is 12.1. The molecule has 16 heavy (non-hydrogen) atoms. The van der Waals surface area contributed by atoms with Crippen LogP contribution in [0.2, 0.25) is 0 Å². The molecular formula is C13H18O3. The van der Waals surface area contributed by atoms with E-state index in [0.29, 0.717) is 12.2 Å². The Hall–Kier alpha value is -1.51. The van der Waals surface area contributed by atoms with Gasteiger partial charge in [0.05, 0.1) is 12.2 Å². The molecule has 0 fully saturated rings. The van der Waals surface area contributed by atoms with Crippen LogP contribution in [0, 0.1) is 6.92 Å². The quantitative estimate of drug-likeness (QED) is 0.832. The Kier molecular flexibility index (Phi) is 4.35. The highest BCUT2D eigenvalue weighted by Crippen LogP contribution is 2.26. The summed E-state index contributed by atoms with van der Waals surface area (Å²) in [5, 5.41) is 9.01. The summed E-state index contributed by atoms with van der Waals surface area (Å²) in [6.07, 6.45) is 1.73. The van der Waals surface area contributed by atoms with Gasteiger partial charge in [0.1, 0.15) is 5.75 Å². The third-order valence-electron chi connectivity index (χ3n) is 2.60. The monoisotopic (exact) mass is 222 g/mol. The topological polar surface area (TPSA) is 46.5 Å². The zero-order valence-corrected chi connectivity index (χ0v) is 10.0. The molecule has 0 atom stereocenters. The van der Waals surface area contributed by atoms with Crippen molar-refractivity contribution in [3.63, 3.8) is 0 Å². The predicted octanol–water partition coefficient (Wildman–Crippen LogP) is 3.04. The normalized spacial score (nSPS) is 10.2. The number of rotatable bonds is 5. The molecule has 0 heterocycles. The molecule has 1 rings (SSSR count). The number of hydrogen-bond donors (Lipinski definition) is 1. The number of carboxylic acids is 1. The van der Waals surface area contributed by atoms with Crippen molar-refractivity contribution in [2.45, 2.75) is 33.6 Å². The molecule has 1 N–H and O–H groups in total. The molecule has 1 aromatic carbocycles. The number of hydrogen-bond acceptors (Lipinski definition) is 2. The Bertz CT molecular complexity index is 383. The molecule has 0 radical (unpaired) electrons. The molecule has 0 aliphatic heterocycles. The fourth-order valence-electron chi connectivity index (χ4n) is 1.75. The Balaban J connectivity index is 3.13. The molecule has 0 saturated heterocycles. The molecule has 0 amide bonds. The lowest BCUT2D eigenvalue weighted by molar-refractivity contribution is 0.0696. The first-order valence-corrected chi connectivity index (χ1v) is 5.60. The van der Waals surface area contributed by atoms with Gasteiger partial charge >= 0.3 is 5.97 Å². The minimum atomic E-state index is -0.880. The van der Waals surface area contributed by atoms with Crippen molar-refractivity contribution < 1.29 is 14.6 Å². The van der Waals surface area contributed by atoms with Crippen molar-refractivity contribution in [2.75, 3.05) is 6.61 Å². The maximum atomic E-state index is 11.0. The van der Waals surface area contributed by atoms with Gasteiger partial charge < -0.3 is 9.84 Å². The van der Waals surface area contributed by atoms with E-state index < -0.39 is 5.97 Å². The Labute approximate surface area is 96.1 Å². The second-order valence-corrected chi connectivity index (χ2v) is 3.72. The Morgan fingerprint density at radius 1 is 1.38 bits per heavy atom. The molecule has 88 valence electrons. The maximum absolute atomic E-state index is 11.0. The molecule has 0 aliphatic rings. The zero-order valence-electron chi connectivity index (χ0n) is 10.0. The number of benzene rings is 1. The van der Waals surface area contributed by atoms with Gasteiger partial charge in [0.25, 0.3) is 0 Å². The summed E-state index contributed by atoms with van der Waals surface area (Å²) in [4.78, 5) is 11.0. The van der Waals surface area contributed by atoms with Gasteiger partial charge in [0.2, 0.25) is 0 Å². The van der Waals surface area contributed by atoms with E-state index in [1.807, 2.05) is 20.8 Å². The molecule has 0 spiro atoms. The van der Waals surface area contributed by atoms with Gasteiger partial charge in [-0.1, -0.05) is 13.8 Å². The number of carbonyl (C=O) groups is 1. The Morgan fingerprint density at radius 3 is 2.56 bits per heavy atom. The highest BCUT2D eigenvalue weighted by Gasteiger charge is 2.13. The van der Waals surface area contributed by atoms with E-state index in [2.05, 4.69) is 0 Å². The largest absolute Gasteiger partial charge is 0.493 e. The average Bonchev–Trinajstić information content (AvgIpc) is 2.25. The first-order valence-electron chi connectivity index (χ1n) is 5.60. The number of carboxylic acid groups (broad SMARTS) is 1. The van der Waals surface area contributed by atoms with Gasteiger partial charge in [-0.25, -0.2) is 4.79 Å². The first kappa shape index (κ1) is 12.6. The van der Waals surface area contributed by atoms with Gasteiger partial charge in [0.15, 0.2) is 0 Å². The standard InChI is InChI=1S/C13H18O3/c1-4-8-16-12-7-6-11(13(14)15)9(3)10(12)5-2/h6-7H,4-5,8H2,1-3H3,(H,14,15). The fraction of sp³-hybridized carbons (Fsp3) is 0.462. The molecule has 0 aromatic heterocycles. The second-order valence-electron chi connectivity index (χ2n) is 3.72. The van der Waals surface area contributed by atoms with Gasteiger partial charge in [-0.2, -0.15) is 0 Å². The van der Waals surface area contributed by atoms with Crippen molar-refractivity contribution in [1.29, 1.82) is 0 Å². The van der Waals surface area contributed by atoms with Crippen LogP contribution in [0.25, 0.3) is 0 Å². The minimum Gasteiger partial charge on any atom is -0.493 e. The number of ether oxygens (including phenoxy) is 1. The van der Waals surface area contributed by atoms with E-state index in [4.69, 9.17) is 9.84 Å². The van der Waals surface area contributed by atoms with Crippen LogP contribution in [-0.4, -0.2) is 17.7 Å². The van der Waals surface area contributed by atoms with Crippen LogP contribution in [0.15, 0.2) is 12.1 Å². The van der Waals surface area contributed by atoms with Crippen LogP contribution in [0.3, 0.4) is 0 Å². The molecule has 0 unspecified atom stereocenters. The van der Waals surface area contributed by atoms with E-state index in [9.17, 15) is 4.79 Å². The van der Waals surface area contributed by atoms with Gasteiger partial charge in [-0.05, 0) is 43.0 Å². The number of aromatic carboxylic acids is 1. The summed E-state index contributed by atoms with van der Waals surface area (Å²) in [5.41, 5.74) is 2.16. The highest BCUT2D eigenvalue weighted by atomic mass is 16.5. The van der Waals surface area contributed by atoms with Crippen LogP contribution in [0.5, 0.6) is 5.75 Å². The first-order chi connectivity index (χ1) is 7.61. The maximum Gasteiger partial charge on any atom is 0.335 e. The van der Waals surface area contributed by atoms with Crippen molar-refractivity contribution >= 4 is 5.97 Å². The third-order valence-corrected chi connectivity index (χ3v) is 2.60. The summed E-state index contributed by atoms with van der Waals surface area (Å²) in [6.45, 7) is 6.55.